The highest BCUT2D eigenvalue weighted by molar-refractivity contribution is 5.91. The largest absolute Gasteiger partial charge is 0.379 e. The zero-order valence-electron chi connectivity index (χ0n) is 17.0. The van der Waals surface area contributed by atoms with Crippen LogP contribution in [0, 0.1) is 23.2 Å². The van der Waals surface area contributed by atoms with Gasteiger partial charge < -0.3 is 15.0 Å². The summed E-state index contributed by atoms with van der Waals surface area (Å²) in [6, 6.07) is -0.245. The molecule has 0 spiro atoms. The molecule has 6 nitrogen and oxygen atoms in total. The monoisotopic (exact) mass is 389 g/mol. The lowest BCUT2D eigenvalue weighted by molar-refractivity contribution is -0.160. The van der Waals surface area contributed by atoms with Gasteiger partial charge in [0.1, 0.15) is 6.04 Å². The molecule has 6 aliphatic rings. The van der Waals surface area contributed by atoms with E-state index in [0.717, 1.165) is 89.3 Å². The molecule has 2 aliphatic heterocycles. The first-order valence-electron chi connectivity index (χ1n) is 11.5. The van der Waals surface area contributed by atoms with E-state index in [1.54, 1.807) is 0 Å². The van der Waals surface area contributed by atoms with Crippen molar-refractivity contribution in [1.82, 2.24) is 15.1 Å². The van der Waals surface area contributed by atoms with Gasteiger partial charge >= 0.3 is 0 Å². The molecule has 28 heavy (non-hydrogen) atoms. The van der Waals surface area contributed by atoms with E-state index in [1.165, 1.54) is 19.3 Å². The Morgan fingerprint density at radius 3 is 2.25 bits per heavy atom. The number of rotatable bonds is 5. The predicted molar refractivity (Wildman–Crippen MR) is 106 cm³/mol. The van der Waals surface area contributed by atoms with Crippen molar-refractivity contribution >= 4 is 11.8 Å². The molecule has 4 bridgehead atoms. The lowest BCUT2D eigenvalue weighted by Crippen LogP contribution is -2.57. The number of likely N-dealkylation sites (tertiary alicyclic amines) is 1. The zero-order chi connectivity index (χ0) is 19.1. The van der Waals surface area contributed by atoms with Crippen LogP contribution in [-0.2, 0) is 14.3 Å². The lowest BCUT2D eigenvalue weighted by atomic mass is 9.49. The number of morpholine rings is 1. The third-order valence-corrected chi connectivity index (χ3v) is 8.14. The summed E-state index contributed by atoms with van der Waals surface area (Å²) in [7, 11) is 0. The van der Waals surface area contributed by atoms with Crippen molar-refractivity contribution in [2.75, 3.05) is 45.9 Å². The third kappa shape index (κ3) is 3.47. The molecule has 0 aromatic heterocycles. The molecule has 0 radical (unpaired) electrons. The van der Waals surface area contributed by atoms with E-state index < -0.39 is 0 Å². The fourth-order valence-electron chi connectivity index (χ4n) is 7.24. The van der Waals surface area contributed by atoms with Gasteiger partial charge in [0.05, 0.1) is 18.6 Å². The topological polar surface area (TPSA) is 61.9 Å². The summed E-state index contributed by atoms with van der Waals surface area (Å²) in [5.74, 6) is 2.66. The summed E-state index contributed by atoms with van der Waals surface area (Å²) >= 11 is 0. The summed E-state index contributed by atoms with van der Waals surface area (Å²) in [6.45, 7) is 5.74. The first-order chi connectivity index (χ1) is 13.6. The van der Waals surface area contributed by atoms with Crippen LogP contribution in [0.25, 0.3) is 0 Å². The van der Waals surface area contributed by atoms with Crippen LogP contribution in [0.2, 0.25) is 0 Å². The maximum Gasteiger partial charge on any atom is 0.242 e. The van der Waals surface area contributed by atoms with Gasteiger partial charge in [-0.15, -0.1) is 0 Å². The number of nitrogens with zero attached hydrogens (tertiary/aromatic N) is 2. The third-order valence-electron chi connectivity index (χ3n) is 8.14. The van der Waals surface area contributed by atoms with Crippen molar-refractivity contribution in [3.05, 3.63) is 0 Å². The molecule has 0 aromatic carbocycles. The first-order valence-corrected chi connectivity index (χ1v) is 11.5. The Morgan fingerprint density at radius 2 is 1.61 bits per heavy atom. The van der Waals surface area contributed by atoms with Gasteiger partial charge in [-0.1, -0.05) is 0 Å². The van der Waals surface area contributed by atoms with Crippen molar-refractivity contribution < 1.29 is 14.3 Å². The van der Waals surface area contributed by atoms with Crippen LogP contribution in [0.3, 0.4) is 0 Å². The summed E-state index contributed by atoms with van der Waals surface area (Å²) in [5.41, 5.74) is -0.134. The second-order valence-corrected chi connectivity index (χ2v) is 10.1. The Balaban J connectivity index is 1.19. The van der Waals surface area contributed by atoms with Crippen molar-refractivity contribution in [1.29, 1.82) is 0 Å². The Morgan fingerprint density at radius 1 is 0.964 bits per heavy atom. The number of ether oxygens (including phenoxy) is 1. The van der Waals surface area contributed by atoms with Gasteiger partial charge in [0, 0.05) is 32.7 Å². The van der Waals surface area contributed by atoms with Gasteiger partial charge in [0.15, 0.2) is 0 Å². The molecule has 1 N–H and O–H groups in total. The number of hydrogen-bond acceptors (Lipinski definition) is 4. The maximum absolute atomic E-state index is 13.7. The van der Waals surface area contributed by atoms with Crippen LogP contribution < -0.4 is 5.32 Å². The fourth-order valence-corrected chi connectivity index (χ4v) is 7.24. The molecule has 6 heteroatoms. The molecule has 6 fully saturated rings. The minimum atomic E-state index is -0.245. The van der Waals surface area contributed by atoms with Crippen molar-refractivity contribution in [3.8, 4) is 0 Å². The molecule has 4 saturated carbocycles. The Hall–Kier alpha value is -1.14. The molecule has 2 heterocycles. The highest BCUT2D eigenvalue weighted by Crippen LogP contribution is 2.60. The van der Waals surface area contributed by atoms with Crippen LogP contribution in [-0.4, -0.2) is 73.6 Å². The first kappa shape index (κ1) is 18.9. The number of nitrogens with one attached hydrogen (secondary N) is 1. The van der Waals surface area contributed by atoms with Crippen molar-refractivity contribution in [2.45, 2.75) is 57.4 Å². The molecule has 6 rings (SSSR count). The molecular formula is C22H35N3O3. The van der Waals surface area contributed by atoms with Crippen molar-refractivity contribution in [2.24, 2.45) is 23.2 Å². The number of hydrogen-bond donors (Lipinski definition) is 1. The number of amides is 2. The van der Waals surface area contributed by atoms with Crippen LogP contribution in [0.5, 0.6) is 0 Å². The average Bonchev–Trinajstić information content (AvgIpc) is 3.17. The number of carbonyl (C=O) groups is 2. The van der Waals surface area contributed by atoms with E-state index in [-0.39, 0.29) is 17.4 Å². The standard InChI is InChI=1S/C22H35N3O3/c26-20(23-3-5-24-6-8-28-9-7-24)19-2-1-4-25(19)21(27)22-13-16-10-17(14-22)12-18(11-16)15-22/h16-19H,1-15H2,(H,23,26)/t16?,17?,18?,19-,22?/m0/s1. The van der Waals surface area contributed by atoms with E-state index >= 15 is 0 Å². The minimum Gasteiger partial charge on any atom is -0.379 e. The predicted octanol–water partition coefficient (Wildman–Crippen LogP) is 1.64. The Bertz CT molecular complexity index is 581. The van der Waals surface area contributed by atoms with Gasteiger partial charge in [-0.2, -0.15) is 0 Å². The summed E-state index contributed by atoms with van der Waals surface area (Å²) in [5, 5.41) is 3.12. The molecule has 0 unspecified atom stereocenters. The Labute approximate surface area is 168 Å². The minimum absolute atomic E-state index is 0.0591. The smallest absolute Gasteiger partial charge is 0.242 e. The zero-order valence-corrected chi connectivity index (χ0v) is 17.0. The fraction of sp³-hybridized carbons (Fsp3) is 0.909. The van der Waals surface area contributed by atoms with Gasteiger partial charge in [-0.3, -0.25) is 14.5 Å². The van der Waals surface area contributed by atoms with E-state index in [0.29, 0.717) is 12.5 Å². The Kier molecular flexibility index (Phi) is 5.12. The molecular weight excluding hydrogens is 354 g/mol. The molecule has 1 atom stereocenters. The molecule has 2 saturated heterocycles. The van der Waals surface area contributed by atoms with Gasteiger partial charge in [-0.25, -0.2) is 0 Å². The molecule has 156 valence electrons. The highest BCUT2D eigenvalue weighted by atomic mass is 16.5. The molecule has 2 amide bonds. The molecule has 4 aliphatic carbocycles. The normalized spacial score (nSPS) is 40.1. The van der Waals surface area contributed by atoms with Crippen molar-refractivity contribution in [3.63, 3.8) is 0 Å². The van der Waals surface area contributed by atoms with Crippen LogP contribution in [0.4, 0.5) is 0 Å². The van der Waals surface area contributed by atoms with Crippen LogP contribution >= 0.6 is 0 Å². The summed E-state index contributed by atoms with van der Waals surface area (Å²) in [4.78, 5) is 30.8. The van der Waals surface area contributed by atoms with Gasteiger partial charge in [0.2, 0.25) is 11.8 Å². The second-order valence-electron chi connectivity index (χ2n) is 10.1. The quantitative estimate of drug-likeness (QED) is 0.777. The highest BCUT2D eigenvalue weighted by Gasteiger charge is 2.56. The van der Waals surface area contributed by atoms with E-state index in [9.17, 15) is 9.59 Å². The summed E-state index contributed by atoms with van der Waals surface area (Å²) in [6.07, 6.45) is 9.06. The SMILES string of the molecule is O=C(NCCN1CCOCC1)[C@@H]1CCCN1C(=O)C12CC3CC(CC(C3)C1)C2. The molecule has 0 aromatic rings. The van der Waals surface area contributed by atoms with E-state index in [2.05, 4.69) is 10.2 Å². The van der Waals surface area contributed by atoms with E-state index in [1.807, 2.05) is 4.90 Å². The van der Waals surface area contributed by atoms with Crippen LogP contribution in [0.1, 0.15) is 51.4 Å². The van der Waals surface area contributed by atoms with Gasteiger partial charge in [-0.05, 0) is 69.1 Å². The van der Waals surface area contributed by atoms with Crippen LogP contribution in [0.15, 0.2) is 0 Å². The summed E-state index contributed by atoms with van der Waals surface area (Å²) < 4.78 is 5.38. The van der Waals surface area contributed by atoms with Gasteiger partial charge in [0.25, 0.3) is 0 Å². The lowest BCUT2D eigenvalue weighted by Gasteiger charge is -2.56. The average molecular weight is 390 g/mol. The van der Waals surface area contributed by atoms with E-state index in [4.69, 9.17) is 4.74 Å². The maximum atomic E-state index is 13.7. The number of carbonyl (C=O) groups excluding carboxylic acids is 2. The second kappa shape index (κ2) is 7.60.